The molecule has 0 aromatic heterocycles. The molecule has 3 rings (SSSR count). The normalized spacial score (nSPS) is 19.9. The van der Waals surface area contributed by atoms with E-state index in [0.29, 0.717) is 19.6 Å². The number of ether oxygens (including phenoxy) is 2. The first-order valence-electron chi connectivity index (χ1n) is 9.60. The second-order valence-electron chi connectivity index (χ2n) is 7.10. The van der Waals surface area contributed by atoms with Crippen molar-refractivity contribution in [2.75, 3.05) is 57.9 Å². The van der Waals surface area contributed by atoms with Gasteiger partial charge in [-0.1, -0.05) is 0 Å². The Balaban J connectivity index is 1.50. The highest BCUT2D eigenvalue weighted by Gasteiger charge is 2.26. The second-order valence-corrected chi connectivity index (χ2v) is 7.10. The third-order valence-corrected chi connectivity index (χ3v) is 5.29. The number of amides is 2. The van der Waals surface area contributed by atoms with Gasteiger partial charge in [0.05, 0.1) is 19.8 Å². The van der Waals surface area contributed by atoms with E-state index >= 15 is 0 Å². The van der Waals surface area contributed by atoms with Crippen LogP contribution < -0.4 is 9.64 Å². The van der Waals surface area contributed by atoms with Gasteiger partial charge in [-0.05, 0) is 37.1 Å². The molecule has 0 spiro atoms. The molecule has 7 heteroatoms. The molecule has 2 fully saturated rings. The van der Waals surface area contributed by atoms with Gasteiger partial charge in [0.15, 0.2) is 0 Å². The fourth-order valence-corrected chi connectivity index (χ4v) is 3.61. The molecular weight excluding hydrogens is 346 g/mol. The minimum atomic E-state index is -0.0734. The van der Waals surface area contributed by atoms with E-state index in [-0.39, 0.29) is 24.5 Å². The van der Waals surface area contributed by atoms with Gasteiger partial charge in [0.25, 0.3) is 0 Å². The maximum absolute atomic E-state index is 12.7. The number of carbonyl (C=O) groups excluding carboxylic acids is 2. The molecule has 2 aliphatic heterocycles. The molecule has 0 N–H and O–H groups in total. The zero-order valence-electron chi connectivity index (χ0n) is 16.2. The number of nitrogens with zero attached hydrogens (tertiary/aromatic N) is 3. The minimum Gasteiger partial charge on any atom is -0.497 e. The molecule has 1 aromatic carbocycles. The first kappa shape index (κ1) is 19.5. The first-order valence-corrected chi connectivity index (χ1v) is 9.60. The van der Waals surface area contributed by atoms with Crippen LogP contribution in [0.25, 0.3) is 0 Å². The van der Waals surface area contributed by atoms with Gasteiger partial charge < -0.3 is 24.2 Å². The number of rotatable bonds is 6. The summed E-state index contributed by atoms with van der Waals surface area (Å²) in [6.45, 7) is 5.80. The molecule has 1 aromatic rings. The summed E-state index contributed by atoms with van der Waals surface area (Å²) in [5.41, 5.74) is 1.13. The number of anilines is 1. The van der Waals surface area contributed by atoms with Gasteiger partial charge in [0.2, 0.25) is 11.8 Å². The van der Waals surface area contributed by atoms with Gasteiger partial charge in [0.1, 0.15) is 5.75 Å². The summed E-state index contributed by atoms with van der Waals surface area (Å²) in [6, 6.07) is 7.97. The number of methoxy groups -OCH3 is 1. The third kappa shape index (κ3) is 5.13. The zero-order chi connectivity index (χ0) is 19.2. The summed E-state index contributed by atoms with van der Waals surface area (Å²) in [4.78, 5) is 30.3. The topological polar surface area (TPSA) is 62.3 Å². The van der Waals surface area contributed by atoms with Crippen LogP contribution in [0.1, 0.15) is 19.8 Å². The molecule has 0 saturated carbocycles. The fourth-order valence-electron chi connectivity index (χ4n) is 3.61. The average molecular weight is 375 g/mol. The van der Waals surface area contributed by atoms with Gasteiger partial charge in [-0.15, -0.1) is 0 Å². The van der Waals surface area contributed by atoms with Crippen LogP contribution in [0.5, 0.6) is 5.75 Å². The molecule has 2 heterocycles. The van der Waals surface area contributed by atoms with Crippen molar-refractivity contribution in [1.29, 1.82) is 0 Å². The van der Waals surface area contributed by atoms with E-state index in [9.17, 15) is 9.59 Å². The lowest BCUT2D eigenvalue weighted by molar-refractivity contribution is -0.140. The minimum absolute atomic E-state index is 0.0116. The highest BCUT2D eigenvalue weighted by molar-refractivity contribution is 5.84. The molecule has 1 atom stereocenters. The lowest BCUT2D eigenvalue weighted by Crippen LogP contribution is -2.52. The summed E-state index contributed by atoms with van der Waals surface area (Å²) in [5.74, 6) is 0.774. The molecule has 2 aliphatic rings. The Kier molecular flexibility index (Phi) is 6.55. The van der Waals surface area contributed by atoms with Crippen molar-refractivity contribution in [3.05, 3.63) is 24.3 Å². The lowest BCUT2D eigenvalue weighted by Gasteiger charge is -2.37. The van der Waals surface area contributed by atoms with Crippen LogP contribution in [0, 0.1) is 0 Å². The van der Waals surface area contributed by atoms with Crippen molar-refractivity contribution in [3.8, 4) is 5.75 Å². The van der Waals surface area contributed by atoms with Crippen molar-refractivity contribution >= 4 is 17.5 Å². The lowest BCUT2D eigenvalue weighted by atomic mass is 10.2. The molecule has 2 amide bonds. The Morgan fingerprint density at radius 1 is 1.19 bits per heavy atom. The van der Waals surface area contributed by atoms with Gasteiger partial charge >= 0.3 is 0 Å². The van der Waals surface area contributed by atoms with Crippen molar-refractivity contribution in [2.24, 2.45) is 0 Å². The predicted molar refractivity (Wildman–Crippen MR) is 103 cm³/mol. The fraction of sp³-hybridized carbons (Fsp3) is 0.600. The number of benzene rings is 1. The van der Waals surface area contributed by atoms with Crippen LogP contribution in [-0.2, 0) is 14.3 Å². The van der Waals surface area contributed by atoms with Crippen molar-refractivity contribution in [3.63, 3.8) is 0 Å². The Hall–Kier alpha value is -2.28. The van der Waals surface area contributed by atoms with E-state index in [1.54, 1.807) is 12.0 Å². The van der Waals surface area contributed by atoms with E-state index in [1.807, 2.05) is 29.2 Å². The highest BCUT2D eigenvalue weighted by atomic mass is 16.5. The quantitative estimate of drug-likeness (QED) is 0.752. The number of hydrogen-bond donors (Lipinski definition) is 0. The second kappa shape index (κ2) is 9.08. The van der Waals surface area contributed by atoms with E-state index in [1.165, 1.54) is 6.92 Å². The van der Waals surface area contributed by atoms with E-state index in [0.717, 1.165) is 44.0 Å². The van der Waals surface area contributed by atoms with Crippen molar-refractivity contribution in [2.45, 2.75) is 25.9 Å². The summed E-state index contributed by atoms with van der Waals surface area (Å²) in [6.07, 6.45) is 2.05. The molecule has 0 bridgehead atoms. The zero-order valence-corrected chi connectivity index (χ0v) is 16.2. The van der Waals surface area contributed by atoms with Gasteiger partial charge in [-0.3, -0.25) is 9.59 Å². The number of piperazine rings is 1. The predicted octanol–water partition coefficient (Wildman–Crippen LogP) is 1.37. The van der Waals surface area contributed by atoms with E-state index in [2.05, 4.69) is 4.90 Å². The Morgan fingerprint density at radius 3 is 2.44 bits per heavy atom. The molecule has 148 valence electrons. The van der Waals surface area contributed by atoms with Crippen molar-refractivity contribution in [1.82, 2.24) is 9.80 Å². The van der Waals surface area contributed by atoms with Crippen LogP contribution in [0.3, 0.4) is 0 Å². The molecule has 1 unspecified atom stereocenters. The largest absolute Gasteiger partial charge is 0.497 e. The van der Waals surface area contributed by atoms with Crippen LogP contribution in [0.4, 0.5) is 5.69 Å². The molecule has 7 nitrogen and oxygen atoms in total. The standard InChI is InChI=1S/C20H29N3O4/c1-16(24)23(14-19-4-3-13-27-19)15-20(25)22-11-9-21(10-12-22)17-5-7-18(26-2)8-6-17/h5-8,19H,3-4,9-15H2,1-2H3. The highest BCUT2D eigenvalue weighted by Crippen LogP contribution is 2.20. The Labute approximate surface area is 160 Å². The van der Waals surface area contributed by atoms with Gasteiger partial charge in [-0.2, -0.15) is 0 Å². The molecular formula is C20H29N3O4. The van der Waals surface area contributed by atoms with E-state index < -0.39 is 0 Å². The third-order valence-electron chi connectivity index (χ3n) is 5.29. The van der Waals surface area contributed by atoms with Crippen LogP contribution in [0.15, 0.2) is 24.3 Å². The van der Waals surface area contributed by atoms with Crippen LogP contribution >= 0.6 is 0 Å². The smallest absolute Gasteiger partial charge is 0.242 e. The summed E-state index contributed by atoms with van der Waals surface area (Å²) in [7, 11) is 1.66. The van der Waals surface area contributed by atoms with Crippen molar-refractivity contribution < 1.29 is 19.1 Å². The van der Waals surface area contributed by atoms with Gasteiger partial charge in [0, 0.05) is 51.9 Å². The SMILES string of the molecule is COc1ccc(N2CCN(C(=O)CN(CC3CCCO3)C(C)=O)CC2)cc1. The molecule has 0 radical (unpaired) electrons. The summed E-state index contributed by atoms with van der Waals surface area (Å²) >= 11 is 0. The summed E-state index contributed by atoms with van der Waals surface area (Å²) in [5, 5.41) is 0. The Morgan fingerprint density at radius 2 is 1.89 bits per heavy atom. The van der Waals surface area contributed by atoms with Crippen LogP contribution in [-0.4, -0.2) is 80.7 Å². The monoisotopic (exact) mass is 375 g/mol. The summed E-state index contributed by atoms with van der Waals surface area (Å²) < 4.78 is 10.8. The van der Waals surface area contributed by atoms with E-state index in [4.69, 9.17) is 9.47 Å². The maximum Gasteiger partial charge on any atom is 0.242 e. The first-order chi connectivity index (χ1) is 13.1. The average Bonchev–Trinajstić information content (AvgIpc) is 3.20. The Bertz CT molecular complexity index is 635. The van der Waals surface area contributed by atoms with Gasteiger partial charge in [-0.25, -0.2) is 0 Å². The number of carbonyl (C=O) groups is 2. The number of hydrogen-bond acceptors (Lipinski definition) is 5. The maximum atomic E-state index is 12.7. The molecule has 27 heavy (non-hydrogen) atoms. The van der Waals surface area contributed by atoms with Crippen LogP contribution in [0.2, 0.25) is 0 Å². The molecule has 2 saturated heterocycles. The molecule has 0 aliphatic carbocycles.